The molecule has 0 aliphatic rings. The van der Waals surface area contributed by atoms with Crippen LogP contribution >= 0.6 is 11.6 Å². The molecule has 1 heterocycles. The number of hydrogen-bond acceptors (Lipinski definition) is 9. The van der Waals surface area contributed by atoms with Crippen LogP contribution in [-0.2, 0) is 33.4 Å². The molecule has 0 saturated heterocycles. The van der Waals surface area contributed by atoms with E-state index < -0.39 is 35.9 Å². The minimum Gasteiger partial charge on any atom is -0.460 e. The number of carbonyl (C=O) groups is 5. The van der Waals surface area contributed by atoms with Crippen LogP contribution in [0.5, 0.6) is 0 Å². The molecule has 0 aliphatic heterocycles. The number of esters is 3. The summed E-state index contributed by atoms with van der Waals surface area (Å²) in [7, 11) is 0. The van der Waals surface area contributed by atoms with Gasteiger partial charge in [0.15, 0.2) is 5.78 Å². The van der Waals surface area contributed by atoms with E-state index in [-0.39, 0.29) is 25.5 Å². The van der Waals surface area contributed by atoms with Crippen LogP contribution in [0.2, 0.25) is 5.02 Å². The van der Waals surface area contributed by atoms with Crippen molar-refractivity contribution in [2.75, 3.05) is 19.8 Å². The molecule has 0 unspecified atom stereocenters. The Kier molecular flexibility index (Phi) is 12.0. The molecule has 10 heteroatoms. The van der Waals surface area contributed by atoms with E-state index in [4.69, 9.17) is 11.6 Å². The average molecular weight is 402 g/mol. The molecule has 148 valence electrons. The smallest absolute Gasteiger partial charge is 0.417 e. The fourth-order valence-corrected chi connectivity index (χ4v) is 1.55. The molecule has 0 N–H and O–H groups in total. The van der Waals surface area contributed by atoms with Gasteiger partial charge in [-0.15, -0.1) is 0 Å². The second-order valence-electron chi connectivity index (χ2n) is 4.55. The van der Waals surface area contributed by atoms with Crippen molar-refractivity contribution in [3.63, 3.8) is 0 Å². The lowest BCUT2D eigenvalue weighted by atomic mass is 10.1. The number of pyridine rings is 1. The maximum atomic E-state index is 11.5. The van der Waals surface area contributed by atoms with Crippen molar-refractivity contribution in [2.24, 2.45) is 0 Å². The summed E-state index contributed by atoms with van der Waals surface area (Å²) in [5, 5.41) is 0.387. The van der Waals surface area contributed by atoms with Crippen molar-refractivity contribution in [1.82, 2.24) is 4.98 Å². The molecular formula is C17H20ClNO8. The van der Waals surface area contributed by atoms with Crippen LogP contribution in [0.1, 0.15) is 37.7 Å². The topological polar surface area (TPSA) is 126 Å². The first-order valence-electron chi connectivity index (χ1n) is 7.95. The number of halogens is 1. The molecule has 1 rings (SSSR count). The van der Waals surface area contributed by atoms with Crippen molar-refractivity contribution < 1.29 is 38.2 Å². The zero-order valence-corrected chi connectivity index (χ0v) is 15.9. The normalized spacial score (nSPS) is 9.33. The maximum Gasteiger partial charge on any atom is 0.417 e. The zero-order valence-electron chi connectivity index (χ0n) is 15.2. The fraction of sp³-hybridized carbons (Fsp3) is 0.412. The summed E-state index contributed by atoms with van der Waals surface area (Å²) in [5.74, 6) is -4.28. The molecule has 9 nitrogen and oxygen atoms in total. The quantitative estimate of drug-likeness (QED) is 0.220. The van der Waals surface area contributed by atoms with Crippen molar-refractivity contribution in [2.45, 2.75) is 27.2 Å². The van der Waals surface area contributed by atoms with Gasteiger partial charge in [0.25, 0.3) is 0 Å². The standard InChI is InChI=1S/C11H10ClNO4.C6H10O4/c1-2-17-11(16)10(15)5-9(14)8-4-3-7(12)6-13-8;1-3-9-5(7)6(8)10-4-2/h3-4,6H,2,5H2,1H3;3-4H2,1-2H3. The van der Waals surface area contributed by atoms with Crippen LogP contribution in [0, 0.1) is 0 Å². The first kappa shape index (κ1) is 24.2. The van der Waals surface area contributed by atoms with E-state index in [1.807, 2.05) is 0 Å². The van der Waals surface area contributed by atoms with Gasteiger partial charge < -0.3 is 14.2 Å². The van der Waals surface area contributed by atoms with E-state index in [2.05, 4.69) is 19.2 Å². The third-order valence-corrected chi connectivity index (χ3v) is 2.78. The largest absolute Gasteiger partial charge is 0.460 e. The van der Waals surface area contributed by atoms with Gasteiger partial charge in [0.2, 0.25) is 5.78 Å². The van der Waals surface area contributed by atoms with Gasteiger partial charge in [-0.3, -0.25) is 14.6 Å². The Morgan fingerprint density at radius 2 is 1.33 bits per heavy atom. The molecule has 0 amide bonds. The number of nitrogens with zero attached hydrogens (tertiary/aromatic N) is 1. The Morgan fingerprint density at radius 1 is 0.852 bits per heavy atom. The Hall–Kier alpha value is -2.81. The molecule has 0 bridgehead atoms. The number of hydrogen-bond donors (Lipinski definition) is 0. The van der Waals surface area contributed by atoms with Crippen LogP contribution in [0.3, 0.4) is 0 Å². The highest BCUT2D eigenvalue weighted by molar-refractivity contribution is 6.38. The zero-order chi connectivity index (χ0) is 20.8. The number of aromatic nitrogens is 1. The summed E-state index contributed by atoms with van der Waals surface area (Å²) in [5.41, 5.74) is 0.0899. The predicted molar refractivity (Wildman–Crippen MR) is 93.1 cm³/mol. The first-order valence-corrected chi connectivity index (χ1v) is 8.33. The van der Waals surface area contributed by atoms with Crippen LogP contribution in [-0.4, -0.2) is 54.3 Å². The Labute approximate surface area is 160 Å². The predicted octanol–water partition coefficient (Wildman–Crippen LogP) is 1.55. The summed E-state index contributed by atoms with van der Waals surface area (Å²) >= 11 is 5.60. The van der Waals surface area contributed by atoms with E-state index in [9.17, 15) is 24.0 Å². The lowest BCUT2D eigenvalue weighted by Crippen LogP contribution is -2.21. The van der Waals surface area contributed by atoms with Crippen molar-refractivity contribution in [3.05, 3.63) is 29.0 Å². The highest BCUT2D eigenvalue weighted by atomic mass is 35.5. The van der Waals surface area contributed by atoms with Gasteiger partial charge in [-0.05, 0) is 32.9 Å². The van der Waals surface area contributed by atoms with Gasteiger partial charge in [0.1, 0.15) is 5.69 Å². The monoisotopic (exact) mass is 401 g/mol. The number of ketones is 2. The Morgan fingerprint density at radius 3 is 1.74 bits per heavy atom. The summed E-state index contributed by atoms with van der Waals surface area (Å²) in [6.45, 7) is 5.30. The van der Waals surface area contributed by atoms with E-state index in [1.54, 1.807) is 20.8 Å². The first-order chi connectivity index (χ1) is 12.8. The molecule has 0 aliphatic carbocycles. The molecule has 0 atom stereocenters. The van der Waals surface area contributed by atoms with Crippen molar-refractivity contribution in [1.29, 1.82) is 0 Å². The second kappa shape index (κ2) is 13.4. The van der Waals surface area contributed by atoms with E-state index in [1.165, 1.54) is 18.3 Å². The summed E-state index contributed by atoms with van der Waals surface area (Å²) < 4.78 is 13.2. The highest BCUT2D eigenvalue weighted by Gasteiger charge is 2.20. The van der Waals surface area contributed by atoms with Gasteiger partial charge in [-0.2, -0.15) is 0 Å². The lowest BCUT2D eigenvalue weighted by molar-refractivity contribution is -0.167. The SMILES string of the molecule is CCOC(=O)C(=O)CC(=O)c1ccc(Cl)cn1.CCOC(=O)C(=O)OCC. The van der Waals surface area contributed by atoms with Crippen molar-refractivity contribution in [3.8, 4) is 0 Å². The van der Waals surface area contributed by atoms with Gasteiger partial charge >= 0.3 is 17.9 Å². The number of rotatable bonds is 7. The second-order valence-corrected chi connectivity index (χ2v) is 4.98. The van der Waals surface area contributed by atoms with Crippen LogP contribution in [0.25, 0.3) is 0 Å². The van der Waals surface area contributed by atoms with Crippen LogP contribution < -0.4 is 0 Å². The van der Waals surface area contributed by atoms with Crippen LogP contribution in [0.15, 0.2) is 18.3 Å². The molecule has 0 spiro atoms. The summed E-state index contributed by atoms with van der Waals surface area (Å²) in [6.07, 6.45) is 0.747. The Balaban J connectivity index is 0.000000580. The maximum absolute atomic E-state index is 11.5. The van der Waals surface area contributed by atoms with E-state index in [0.717, 1.165) is 0 Å². The summed E-state index contributed by atoms with van der Waals surface area (Å²) in [6, 6.07) is 2.87. The van der Waals surface area contributed by atoms with Gasteiger partial charge in [-0.25, -0.2) is 14.4 Å². The van der Waals surface area contributed by atoms with Crippen LogP contribution in [0.4, 0.5) is 0 Å². The highest BCUT2D eigenvalue weighted by Crippen LogP contribution is 2.08. The minimum absolute atomic E-state index is 0.0899. The average Bonchev–Trinajstić information content (AvgIpc) is 2.63. The van der Waals surface area contributed by atoms with Gasteiger partial charge in [-0.1, -0.05) is 11.6 Å². The van der Waals surface area contributed by atoms with Crippen molar-refractivity contribution >= 4 is 41.1 Å². The molecule has 1 aromatic rings. The minimum atomic E-state index is -1.00. The molecular weight excluding hydrogens is 382 g/mol. The fourth-order valence-electron chi connectivity index (χ4n) is 1.44. The molecule has 0 radical (unpaired) electrons. The molecule has 0 aromatic carbocycles. The molecule has 0 saturated carbocycles. The van der Waals surface area contributed by atoms with Gasteiger partial charge in [0.05, 0.1) is 31.3 Å². The molecule has 1 aromatic heterocycles. The third-order valence-electron chi connectivity index (χ3n) is 2.55. The molecule has 0 fully saturated rings. The molecule has 27 heavy (non-hydrogen) atoms. The van der Waals surface area contributed by atoms with Gasteiger partial charge in [0, 0.05) is 6.20 Å². The third kappa shape index (κ3) is 10.0. The number of ether oxygens (including phenoxy) is 3. The Bertz CT molecular complexity index is 656. The number of carbonyl (C=O) groups excluding carboxylic acids is 5. The lowest BCUT2D eigenvalue weighted by Gasteiger charge is -2.00. The summed E-state index contributed by atoms with van der Waals surface area (Å²) in [4.78, 5) is 58.4. The number of Topliss-reactive ketones (excluding diaryl/α,β-unsaturated/α-hetero) is 2. The van der Waals surface area contributed by atoms with E-state index >= 15 is 0 Å². The van der Waals surface area contributed by atoms with E-state index in [0.29, 0.717) is 5.02 Å².